The van der Waals surface area contributed by atoms with E-state index in [1.165, 1.54) is 128 Å². The number of carbonyl (C=O) groups is 2. The Kier molecular flexibility index (Phi) is 48.6. The molecule has 0 spiro atoms. The molecule has 0 bridgehead atoms. The van der Waals surface area contributed by atoms with Crippen molar-refractivity contribution in [2.75, 3.05) is 6.61 Å². The molecule has 6 nitrogen and oxygen atoms in total. The van der Waals surface area contributed by atoms with Crippen LogP contribution in [0.2, 0.25) is 0 Å². The number of nitrogens with one attached hydrogen (secondary N) is 1. The molecule has 3 N–H and O–H groups in total. The van der Waals surface area contributed by atoms with Crippen molar-refractivity contribution in [3.8, 4) is 0 Å². The first-order chi connectivity index (χ1) is 31.0. The second-order valence-corrected chi connectivity index (χ2v) is 18.4. The van der Waals surface area contributed by atoms with Crippen LogP contribution in [0.4, 0.5) is 0 Å². The first kappa shape index (κ1) is 60.6. The summed E-state index contributed by atoms with van der Waals surface area (Å²) in [6.07, 6.45) is 62.7. The van der Waals surface area contributed by atoms with Gasteiger partial charge in [-0.05, 0) is 77.0 Å². The van der Waals surface area contributed by atoms with Crippen LogP contribution in [0.1, 0.15) is 265 Å². The number of unbranched alkanes of at least 4 members (excludes halogenated alkanes) is 29. The second kappa shape index (κ2) is 50.6. The second-order valence-electron chi connectivity index (χ2n) is 18.4. The van der Waals surface area contributed by atoms with E-state index in [9.17, 15) is 19.8 Å². The quantitative estimate of drug-likeness (QED) is 0.0245. The molecular weight excluding hydrogens is 779 g/mol. The highest BCUT2D eigenvalue weighted by Crippen LogP contribution is 2.18. The van der Waals surface area contributed by atoms with Crippen LogP contribution in [0.25, 0.3) is 0 Å². The summed E-state index contributed by atoms with van der Waals surface area (Å²) in [5.41, 5.74) is 0. The summed E-state index contributed by atoms with van der Waals surface area (Å²) in [7, 11) is 0. The Morgan fingerprint density at radius 2 is 0.825 bits per heavy atom. The lowest BCUT2D eigenvalue weighted by Gasteiger charge is -2.24. The minimum atomic E-state index is -0.795. The Hall–Kier alpha value is -2.44. The molecule has 0 aromatic rings. The van der Waals surface area contributed by atoms with E-state index in [4.69, 9.17) is 4.74 Å². The minimum Gasteiger partial charge on any atom is -0.462 e. The van der Waals surface area contributed by atoms with E-state index < -0.39 is 18.2 Å². The Morgan fingerprint density at radius 1 is 0.460 bits per heavy atom. The number of esters is 1. The van der Waals surface area contributed by atoms with Crippen LogP contribution in [0.15, 0.2) is 60.8 Å². The summed E-state index contributed by atoms with van der Waals surface area (Å²) in [5.74, 6) is -0.504. The number of rotatable bonds is 48. The normalized spacial score (nSPS) is 13.7. The van der Waals surface area contributed by atoms with Crippen LogP contribution in [0.3, 0.4) is 0 Å². The van der Waals surface area contributed by atoms with Crippen LogP contribution in [-0.4, -0.2) is 46.9 Å². The largest absolute Gasteiger partial charge is 0.462 e. The maximum absolute atomic E-state index is 13.2. The zero-order valence-electron chi connectivity index (χ0n) is 41.7. The van der Waals surface area contributed by atoms with Gasteiger partial charge in [0.2, 0.25) is 5.91 Å². The molecule has 0 fully saturated rings. The van der Waals surface area contributed by atoms with E-state index in [2.05, 4.69) is 86.8 Å². The molecule has 0 aliphatic heterocycles. The first-order valence-electron chi connectivity index (χ1n) is 27.1. The third kappa shape index (κ3) is 45.9. The lowest BCUT2D eigenvalue weighted by molar-refractivity contribution is -0.151. The molecule has 0 aromatic heterocycles. The summed E-state index contributed by atoms with van der Waals surface area (Å²) in [6.45, 7) is 6.43. The number of amides is 1. The van der Waals surface area contributed by atoms with Crippen LogP contribution in [-0.2, 0) is 14.3 Å². The van der Waals surface area contributed by atoms with E-state index in [0.29, 0.717) is 19.3 Å². The monoisotopic (exact) mass is 882 g/mol. The Labute approximate surface area is 390 Å². The van der Waals surface area contributed by atoms with Gasteiger partial charge in [0, 0.05) is 6.42 Å². The standard InChI is InChI=1S/C57H103NO5/c1-4-7-10-13-16-19-22-25-26-27-28-29-32-35-38-41-44-47-50-57(62)63-53(48-45-42-39-36-33-30-23-20-17-14-11-8-5-2)51-56(61)58-54(52-59)55(60)49-46-43-40-37-34-31-24-21-18-15-12-9-6-3/h16,19-20,22-23,25-29,53-55,59-60H,4-15,17-18,21,24,30-52H2,1-3H3,(H,58,61)/b19-16+,23-20-,25-22+,27-26+,29-28+. The number of carbonyl (C=O) groups excluding carboxylic acids is 2. The Morgan fingerprint density at radius 3 is 1.32 bits per heavy atom. The summed E-state index contributed by atoms with van der Waals surface area (Å²) in [6, 6.07) is -0.710. The van der Waals surface area contributed by atoms with E-state index >= 15 is 0 Å². The van der Waals surface area contributed by atoms with E-state index in [1.807, 2.05) is 0 Å². The van der Waals surface area contributed by atoms with Crippen molar-refractivity contribution in [1.29, 1.82) is 0 Å². The number of ether oxygens (including phenoxy) is 1. The maximum atomic E-state index is 13.2. The fraction of sp³-hybridized carbons (Fsp3) is 0.789. The summed E-state index contributed by atoms with van der Waals surface area (Å²) in [4.78, 5) is 26.2. The molecule has 0 aliphatic carbocycles. The highest BCUT2D eigenvalue weighted by molar-refractivity contribution is 5.77. The first-order valence-corrected chi connectivity index (χ1v) is 27.1. The number of aliphatic hydroxyl groups excluding tert-OH is 2. The number of hydrogen-bond acceptors (Lipinski definition) is 5. The van der Waals surface area contributed by atoms with Crippen LogP contribution < -0.4 is 5.32 Å². The van der Waals surface area contributed by atoms with Gasteiger partial charge >= 0.3 is 5.97 Å². The van der Waals surface area contributed by atoms with Crippen molar-refractivity contribution >= 4 is 11.9 Å². The van der Waals surface area contributed by atoms with Crippen LogP contribution in [0.5, 0.6) is 0 Å². The topological polar surface area (TPSA) is 95.9 Å². The molecule has 0 heterocycles. The summed E-state index contributed by atoms with van der Waals surface area (Å²) in [5, 5.41) is 23.8. The van der Waals surface area contributed by atoms with Crippen molar-refractivity contribution in [2.45, 2.75) is 283 Å². The highest BCUT2D eigenvalue weighted by Gasteiger charge is 2.24. The van der Waals surface area contributed by atoms with E-state index in [1.54, 1.807) is 0 Å². The van der Waals surface area contributed by atoms with Gasteiger partial charge in [0.1, 0.15) is 6.10 Å². The van der Waals surface area contributed by atoms with Crippen molar-refractivity contribution in [1.82, 2.24) is 5.32 Å². The average Bonchev–Trinajstić information content (AvgIpc) is 3.28. The van der Waals surface area contributed by atoms with Crippen molar-refractivity contribution in [2.24, 2.45) is 0 Å². The Bertz CT molecular complexity index is 1130. The maximum Gasteiger partial charge on any atom is 0.306 e. The molecule has 0 radical (unpaired) electrons. The van der Waals surface area contributed by atoms with E-state index in [0.717, 1.165) is 89.9 Å². The predicted molar refractivity (Wildman–Crippen MR) is 273 cm³/mol. The fourth-order valence-electron chi connectivity index (χ4n) is 8.03. The minimum absolute atomic E-state index is 0.0614. The van der Waals surface area contributed by atoms with Gasteiger partial charge in [-0.2, -0.15) is 0 Å². The molecule has 1 amide bonds. The van der Waals surface area contributed by atoms with Gasteiger partial charge in [-0.3, -0.25) is 9.59 Å². The van der Waals surface area contributed by atoms with Gasteiger partial charge in [-0.25, -0.2) is 0 Å². The van der Waals surface area contributed by atoms with Gasteiger partial charge in [0.25, 0.3) is 0 Å². The van der Waals surface area contributed by atoms with Gasteiger partial charge in [-0.1, -0.05) is 236 Å². The third-order valence-corrected chi connectivity index (χ3v) is 12.2. The fourth-order valence-corrected chi connectivity index (χ4v) is 8.03. The number of hydrogen-bond donors (Lipinski definition) is 3. The van der Waals surface area contributed by atoms with Gasteiger partial charge in [-0.15, -0.1) is 0 Å². The zero-order chi connectivity index (χ0) is 45.9. The lowest BCUT2D eigenvalue weighted by atomic mass is 10.0. The lowest BCUT2D eigenvalue weighted by Crippen LogP contribution is -2.46. The molecule has 0 rings (SSSR count). The van der Waals surface area contributed by atoms with Gasteiger partial charge in [0.15, 0.2) is 0 Å². The SMILES string of the molecule is CCCCC/C=C/C=C/C=C/C=C/CCCCCCCC(=O)OC(CCCCCCC/C=C\CCCCCC)CC(=O)NC(CO)C(O)CCCCCCCCCCCCCCC. The van der Waals surface area contributed by atoms with Crippen molar-refractivity contribution in [3.05, 3.63) is 60.8 Å². The molecular formula is C57H103NO5. The van der Waals surface area contributed by atoms with Crippen molar-refractivity contribution < 1.29 is 24.5 Å². The Balaban J connectivity index is 4.61. The van der Waals surface area contributed by atoms with Crippen molar-refractivity contribution in [3.63, 3.8) is 0 Å². The number of allylic oxidation sites excluding steroid dienone is 10. The zero-order valence-corrected chi connectivity index (χ0v) is 41.7. The average molecular weight is 882 g/mol. The van der Waals surface area contributed by atoms with Gasteiger partial charge < -0.3 is 20.3 Å². The molecule has 0 saturated carbocycles. The van der Waals surface area contributed by atoms with E-state index in [-0.39, 0.29) is 24.9 Å². The smallest absolute Gasteiger partial charge is 0.306 e. The molecule has 6 heteroatoms. The van der Waals surface area contributed by atoms with Crippen LogP contribution in [0, 0.1) is 0 Å². The number of aliphatic hydroxyl groups is 2. The molecule has 3 atom stereocenters. The molecule has 0 aromatic carbocycles. The predicted octanol–water partition coefficient (Wildman–Crippen LogP) is 16.4. The molecule has 3 unspecified atom stereocenters. The molecule has 366 valence electrons. The third-order valence-electron chi connectivity index (χ3n) is 12.2. The van der Waals surface area contributed by atoms with Gasteiger partial charge in [0.05, 0.1) is 25.2 Å². The summed E-state index contributed by atoms with van der Waals surface area (Å²) < 4.78 is 5.93. The summed E-state index contributed by atoms with van der Waals surface area (Å²) >= 11 is 0. The molecule has 0 saturated heterocycles. The molecule has 63 heavy (non-hydrogen) atoms. The van der Waals surface area contributed by atoms with Crippen LogP contribution >= 0.6 is 0 Å². The molecule has 0 aliphatic rings. The highest BCUT2D eigenvalue weighted by atomic mass is 16.5.